The van der Waals surface area contributed by atoms with Crippen molar-refractivity contribution in [1.82, 2.24) is 9.88 Å². The molecule has 26 heavy (non-hydrogen) atoms. The number of nitrogens with zero attached hydrogens (tertiary/aromatic N) is 2. The third-order valence-electron chi connectivity index (χ3n) is 4.10. The number of pyridine rings is 1. The number of rotatable bonds is 8. The summed E-state index contributed by atoms with van der Waals surface area (Å²) in [4.78, 5) is 7.67. The Hall–Kier alpha value is -1.68. The molecule has 2 N–H and O–H groups in total. The number of sulfonamides is 1. The van der Waals surface area contributed by atoms with Crippen LogP contribution in [0.4, 0.5) is 11.5 Å². The highest BCUT2D eigenvalue weighted by Crippen LogP contribution is 2.24. The molecule has 3 heterocycles. The van der Waals surface area contributed by atoms with Crippen molar-refractivity contribution in [3.05, 3.63) is 35.3 Å². The largest absolute Gasteiger partial charge is 0.379 e. The Kier molecular flexibility index (Phi) is 6.47. The van der Waals surface area contributed by atoms with Gasteiger partial charge in [0.15, 0.2) is 0 Å². The average molecular weight is 397 g/mol. The first-order valence-electron chi connectivity index (χ1n) is 8.68. The zero-order valence-corrected chi connectivity index (χ0v) is 16.4. The quantitative estimate of drug-likeness (QED) is 0.712. The molecule has 1 aliphatic rings. The maximum absolute atomic E-state index is 12.4. The fourth-order valence-corrected chi connectivity index (χ4v) is 4.96. The number of aromatic nitrogens is 1. The molecule has 0 bridgehead atoms. The van der Waals surface area contributed by atoms with Crippen LogP contribution in [0, 0.1) is 0 Å². The Morgan fingerprint density at radius 2 is 2.04 bits per heavy atom. The lowest BCUT2D eigenvalue weighted by molar-refractivity contribution is 0.0398. The van der Waals surface area contributed by atoms with Gasteiger partial charge in [0.1, 0.15) is 10.0 Å². The van der Waals surface area contributed by atoms with Crippen molar-refractivity contribution in [3.8, 4) is 0 Å². The summed E-state index contributed by atoms with van der Waals surface area (Å²) < 4.78 is 33.0. The molecule has 2 aromatic rings. The fraction of sp³-hybridized carbons (Fsp3) is 0.471. The minimum atomic E-state index is -3.56. The second kappa shape index (κ2) is 8.81. The predicted octanol–water partition coefficient (Wildman–Crippen LogP) is 2.25. The van der Waals surface area contributed by atoms with Gasteiger partial charge in [-0.3, -0.25) is 9.62 Å². The van der Waals surface area contributed by atoms with Crippen LogP contribution >= 0.6 is 11.3 Å². The lowest BCUT2D eigenvalue weighted by Gasteiger charge is -2.26. The number of anilines is 2. The molecular formula is C17H24N4O3S2. The minimum absolute atomic E-state index is 0.321. The molecule has 1 aliphatic heterocycles. The maximum atomic E-state index is 12.4. The van der Waals surface area contributed by atoms with Crippen LogP contribution in [0.2, 0.25) is 0 Å². The topological polar surface area (TPSA) is 83.6 Å². The molecule has 1 fully saturated rings. The minimum Gasteiger partial charge on any atom is -0.379 e. The van der Waals surface area contributed by atoms with E-state index in [0.29, 0.717) is 9.90 Å². The van der Waals surface area contributed by atoms with Crippen LogP contribution in [0.5, 0.6) is 0 Å². The van der Waals surface area contributed by atoms with Gasteiger partial charge in [-0.15, -0.1) is 11.3 Å². The van der Waals surface area contributed by atoms with E-state index in [1.807, 2.05) is 13.0 Å². The van der Waals surface area contributed by atoms with Crippen molar-refractivity contribution in [2.75, 3.05) is 49.4 Å². The van der Waals surface area contributed by atoms with Crippen molar-refractivity contribution < 1.29 is 13.2 Å². The molecule has 1 saturated heterocycles. The highest BCUT2D eigenvalue weighted by Gasteiger charge is 2.17. The maximum Gasteiger partial charge on any atom is 0.271 e. The van der Waals surface area contributed by atoms with E-state index < -0.39 is 10.0 Å². The summed E-state index contributed by atoms with van der Waals surface area (Å²) in [5, 5.41) is 3.26. The normalized spacial score (nSPS) is 15.7. The SMILES string of the molecule is CCc1ccc(S(=O)(=O)Nc2ccc(NCCN3CCOCC3)nc2)s1. The monoisotopic (exact) mass is 396 g/mol. The molecule has 0 aromatic carbocycles. The van der Waals surface area contributed by atoms with Gasteiger partial charge in [-0.2, -0.15) is 0 Å². The first-order valence-corrected chi connectivity index (χ1v) is 11.0. The van der Waals surface area contributed by atoms with Crippen LogP contribution in [-0.4, -0.2) is 57.7 Å². The zero-order chi connectivity index (χ0) is 18.4. The zero-order valence-electron chi connectivity index (χ0n) is 14.8. The molecule has 0 saturated carbocycles. The number of ether oxygens (including phenoxy) is 1. The summed E-state index contributed by atoms with van der Waals surface area (Å²) in [6.07, 6.45) is 2.36. The highest BCUT2D eigenvalue weighted by atomic mass is 32.2. The number of thiophene rings is 1. The third kappa shape index (κ3) is 5.16. The summed E-state index contributed by atoms with van der Waals surface area (Å²) >= 11 is 1.29. The van der Waals surface area contributed by atoms with Crippen molar-refractivity contribution in [3.63, 3.8) is 0 Å². The van der Waals surface area contributed by atoms with E-state index >= 15 is 0 Å². The molecular weight excluding hydrogens is 372 g/mol. The van der Waals surface area contributed by atoms with Gasteiger partial charge >= 0.3 is 0 Å². The summed E-state index contributed by atoms with van der Waals surface area (Å²) in [7, 11) is -3.56. The first kappa shape index (κ1) is 19.1. The van der Waals surface area contributed by atoms with Gasteiger partial charge in [0.05, 0.1) is 25.1 Å². The van der Waals surface area contributed by atoms with Gasteiger partial charge in [-0.1, -0.05) is 6.92 Å². The summed E-state index contributed by atoms with van der Waals surface area (Å²) in [5.74, 6) is 0.727. The molecule has 0 unspecified atom stereocenters. The highest BCUT2D eigenvalue weighted by molar-refractivity contribution is 7.94. The summed E-state index contributed by atoms with van der Waals surface area (Å²) in [6.45, 7) is 7.21. The first-order chi connectivity index (χ1) is 12.6. The van der Waals surface area contributed by atoms with Gasteiger partial charge in [-0.25, -0.2) is 13.4 Å². The smallest absolute Gasteiger partial charge is 0.271 e. The molecule has 2 aromatic heterocycles. The van der Waals surface area contributed by atoms with E-state index in [2.05, 4.69) is 19.9 Å². The second-order valence-corrected chi connectivity index (χ2v) is 9.07. The second-order valence-electron chi connectivity index (χ2n) is 5.99. The number of hydrogen-bond acceptors (Lipinski definition) is 7. The standard InChI is InChI=1S/C17H24N4O3S2/c1-2-15-4-6-17(25-15)26(22,23)20-14-3-5-16(19-13-14)18-7-8-21-9-11-24-12-10-21/h3-6,13,20H,2,7-12H2,1H3,(H,18,19). The van der Waals surface area contributed by atoms with Crippen molar-refractivity contribution in [2.45, 2.75) is 17.6 Å². The Labute approximate surface area is 158 Å². The summed E-state index contributed by atoms with van der Waals surface area (Å²) in [6, 6.07) is 6.98. The predicted molar refractivity (Wildman–Crippen MR) is 104 cm³/mol. The molecule has 0 atom stereocenters. The number of aryl methyl sites for hydroxylation is 1. The number of nitrogens with one attached hydrogen (secondary N) is 2. The van der Waals surface area contributed by atoms with Gasteiger partial charge in [0.2, 0.25) is 0 Å². The van der Waals surface area contributed by atoms with E-state index in [4.69, 9.17) is 4.74 Å². The number of hydrogen-bond donors (Lipinski definition) is 2. The van der Waals surface area contributed by atoms with Crippen LogP contribution in [-0.2, 0) is 21.2 Å². The molecule has 9 heteroatoms. The molecule has 0 aliphatic carbocycles. The van der Waals surface area contributed by atoms with Crippen LogP contribution < -0.4 is 10.0 Å². The van der Waals surface area contributed by atoms with Crippen LogP contribution in [0.15, 0.2) is 34.7 Å². The lowest BCUT2D eigenvalue weighted by atomic mass is 10.4. The Bertz CT molecular complexity index is 800. The van der Waals surface area contributed by atoms with Crippen LogP contribution in [0.25, 0.3) is 0 Å². The van der Waals surface area contributed by atoms with Gasteiger partial charge < -0.3 is 10.1 Å². The van der Waals surface area contributed by atoms with Crippen LogP contribution in [0.1, 0.15) is 11.8 Å². The van der Waals surface area contributed by atoms with Crippen molar-refractivity contribution >= 4 is 32.9 Å². The molecule has 142 valence electrons. The van der Waals surface area contributed by atoms with E-state index in [-0.39, 0.29) is 0 Å². The van der Waals surface area contributed by atoms with E-state index in [1.54, 1.807) is 18.2 Å². The molecule has 7 nitrogen and oxygen atoms in total. The van der Waals surface area contributed by atoms with Crippen LogP contribution in [0.3, 0.4) is 0 Å². The Balaban J connectivity index is 1.52. The lowest BCUT2D eigenvalue weighted by Crippen LogP contribution is -2.39. The molecule has 3 rings (SSSR count). The summed E-state index contributed by atoms with van der Waals surface area (Å²) in [5.41, 5.74) is 0.454. The Morgan fingerprint density at radius 3 is 2.69 bits per heavy atom. The fourth-order valence-electron chi connectivity index (χ4n) is 2.62. The number of morpholine rings is 1. The van der Waals surface area contributed by atoms with E-state index in [1.165, 1.54) is 17.5 Å². The van der Waals surface area contributed by atoms with Gasteiger partial charge in [-0.05, 0) is 30.7 Å². The molecule has 0 spiro atoms. The van der Waals surface area contributed by atoms with Gasteiger partial charge in [0.25, 0.3) is 10.0 Å². The third-order valence-corrected chi connectivity index (χ3v) is 7.21. The molecule has 0 radical (unpaired) electrons. The van der Waals surface area contributed by atoms with Gasteiger partial charge in [0, 0.05) is 31.1 Å². The van der Waals surface area contributed by atoms with Crippen molar-refractivity contribution in [2.24, 2.45) is 0 Å². The Morgan fingerprint density at radius 1 is 1.23 bits per heavy atom. The van der Waals surface area contributed by atoms with E-state index in [0.717, 1.165) is 56.5 Å². The van der Waals surface area contributed by atoms with Crippen molar-refractivity contribution in [1.29, 1.82) is 0 Å². The molecule has 0 amide bonds. The average Bonchev–Trinajstić information content (AvgIpc) is 3.14. The van der Waals surface area contributed by atoms with E-state index in [9.17, 15) is 8.42 Å².